The Hall–Kier alpha value is -1.77. The van der Waals surface area contributed by atoms with Gasteiger partial charge in [0.05, 0.1) is 0 Å². The van der Waals surface area contributed by atoms with Crippen LogP contribution in [0.15, 0.2) is 36.4 Å². The molecule has 17 heavy (non-hydrogen) atoms. The number of rotatable bonds is 4. The molecule has 0 saturated carbocycles. The first-order valence-electron chi connectivity index (χ1n) is 5.94. The second-order valence-electron chi connectivity index (χ2n) is 4.07. The molecule has 0 bridgehead atoms. The van der Waals surface area contributed by atoms with Crippen LogP contribution in [0.25, 0.3) is 0 Å². The summed E-state index contributed by atoms with van der Waals surface area (Å²) in [6, 6.07) is 7.80. The van der Waals surface area contributed by atoms with Gasteiger partial charge in [-0.15, -0.1) is 0 Å². The molecule has 0 spiro atoms. The molecule has 1 aromatic carbocycles. The van der Waals surface area contributed by atoms with Crippen molar-refractivity contribution in [1.82, 2.24) is 5.32 Å². The summed E-state index contributed by atoms with van der Waals surface area (Å²) in [6.07, 6.45) is 5.18. The quantitative estimate of drug-likeness (QED) is 0.636. The Morgan fingerprint density at radius 3 is 3.12 bits per heavy atom. The molecule has 1 heterocycles. The van der Waals surface area contributed by atoms with Gasteiger partial charge in [-0.1, -0.05) is 30.4 Å². The van der Waals surface area contributed by atoms with E-state index in [1.807, 2.05) is 43.3 Å². The van der Waals surface area contributed by atoms with Crippen molar-refractivity contribution in [3.63, 3.8) is 0 Å². The molecule has 0 aromatic heterocycles. The minimum Gasteiger partial charge on any atom is -0.480 e. The molecular weight excluding hydrogens is 214 g/mol. The molecule has 90 valence electrons. The van der Waals surface area contributed by atoms with E-state index in [-0.39, 0.29) is 12.0 Å². The summed E-state index contributed by atoms with van der Waals surface area (Å²) in [4.78, 5) is 11.8. The summed E-state index contributed by atoms with van der Waals surface area (Å²) in [7, 11) is 0. The van der Waals surface area contributed by atoms with Crippen LogP contribution >= 0.6 is 0 Å². The van der Waals surface area contributed by atoms with Gasteiger partial charge in [-0.2, -0.15) is 0 Å². The van der Waals surface area contributed by atoms with Crippen molar-refractivity contribution in [3.8, 4) is 5.75 Å². The van der Waals surface area contributed by atoms with Gasteiger partial charge in [0.2, 0.25) is 0 Å². The van der Waals surface area contributed by atoms with Gasteiger partial charge in [-0.25, -0.2) is 0 Å². The van der Waals surface area contributed by atoms with Crippen molar-refractivity contribution in [1.29, 1.82) is 0 Å². The molecule has 0 fully saturated rings. The number of allylic oxidation sites excluding steroid dienone is 1. The van der Waals surface area contributed by atoms with Gasteiger partial charge in [0.15, 0.2) is 6.10 Å². The monoisotopic (exact) mass is 231 g/mol. The lowest BCUT2D eigenvalue weighted by atomic mass is 10.1. The molecule has 1 unspecified atom stereocenters. The summed E-state index contributed by atoms with van der Waals surface area (Å²) < 4.78 is 5.60. The molecule has 3 nitrogen and oxygen atoms in total. The van der Waals surface area contributed by atoms with E-state index < -0.39 is 0 Å². The van der Waals surface area contributed by atoms with E-state index in [0.717, 1.165) is 17.7 Å². The number of carbonyl (C=O) groups is 1. The van der Waals surface area contributed by atoms with E-state index in [1.54, 1.807) is 0 Å². The van der Waals surface area contributed by atoms with Crippen molar-refractivity contribution >= 4 is 5.91 Å². The highest BCUT2D eigenvalue weighted by Crippen LogP contribution is 2.27. The number of ether oxygens (including phenoxy) is 1. The minimum atomic E-state index is -0.363. The lowest BCUT2D eigenvalue weighted by Gasteiger charge is -2.10. The van der Waals surface area contributed by atoms with Crippen molar-refractivity contribution in [2.75, 3.05) is 6.54 Å². The molecule has 1 aromatic rings. The van der Waals surface area contributed by atoms with Gasteiger partial charge >= 0.3 is 0 Å². The minimum absolute atomic E-state index is 0.0225. The van der Waals surface area contributed by atoms with Crippen LogP contribution in [0.4, 0.5) is 0 Å². The van der Waals surface area contributed by atoms with E-state index in [2.05, 4.69) is 5.32 Å². The molecule has 0 saturated heterocycles. The summed E-state index contributed by atoms with van der Waals surface area (Å²) in [5.41, 5.74) is 1.11. The second-order valence-corrected chi connectivity index (χ2v) is 4.07. The smallest absolute Gasteiger partial charge is 0.261 e. The maximum Gasteiger partial charge on any atom is 0.261 e. The fraction of sp³-hybridized carbons (Fsp3) is 0.357. The van der Waals surface area contributed by atoms with Crippen LogP contribution in [0.2, 0.25) is 0 Å². The van der Waals surface area contributed by atoms with Gasteiger partial charge in [0.1, 0.15) is 5.75 Å². The van der Waals surface area contributed by atoms with Gasteiger partial charge in [0, 0.05) is 13.0 Å². The molecule has 3 heteroatoms. The molecule has 1 N–H and O–H groups in total. The van der Waals surface area contributed by atoms with Crippen molar-refractivity contribution in [2.45, 2.75) is 25.9 Å². The number of hydrogen-bond acceptors (Lipinski definition) is 2. The van der Waals surface area contributed by atoms with Crippen LogP contribution in [0, 0.1) is 0 Å². The van der Waals surface area contributed by atoms with Crippen LogP contribution in [0.3, 0.4) is 0 Å². The third-order valence-corrected chi connectivity index (χ3v) is 2.79. The van der Waals surface area contributed by atoms with Crippen molar-refractivity contribution in [3.05, 3.63) is 42.0 Å². The highest BCUT2D eigenvalue weighted by molar-refractivity contribution is 5.82. The van der Waals surface area contributed by atoms with Crippen LogP contribution in [0.1, 0.15) is 18.9 Å². The Morgan fingerprint density at radius 2 is 2.35 bits per heavy atom. The molecule has 0 aliphatic carbocycles. The molecular formula is C14H17NO2. The van der Waals surface area contributed by atoms with E-state index in [9.17, 15) is 4.79 Å². The number of fused-ring (bicyclic) bond motifs is 1. The van der Waals surface area contributed by atoms with Gasteiger partial charge < -0.3 is 10.1 Å². The summed E-state index contributed by atoms with van der Waals surface area (Å²) >= 11 is 0. The van der Waals surface area contributed by atoms with Crippen molar-refractivity contribution in [2.24, 2.45) is 0 Å². The van der Waals surface area contributed by atoms with Gasteiger partial charge in [-0.3, -0.25) is 4.79 Å². The van der Waals surface area contributed by atoms with Crippen LogP contribution < -0.4 is 10.1 Å². The average Bonchev–Trinajstić information content (AvgIpc) is 2.78. The van der Waals surface area contributed by atoms with Crippen LogP contribution in [-0.2, 0) is 11.2 Å². The Kier molecular flexibility index (Phi) is 3.81. The number of amides is 1. The Bertz CT molecular complexity index is 401. The first-order chi connectivity index (χ1) is 8.31. The molecule has 0 radical (unpaired) electrons. The number of nitrogens with one attached hydrogen (secondary N) is 1. The van der Waals surface area contributed by atoms with E-state index in [0.29, 0.717) is 13.0 Å². The van der Waals surface area contributed by atoms with E-state index in [1.165, 1.54) is 0 Å². The standard InChI is InChI=1S/C14H17NO2/c1-2-3-6-9-15-14(16)13-10-11-7-4-5-8-12(11)17-13/h2-5,7-8,13H,6,9-10H2,1H3,(H,15,16)/b3-2+. The zero-order chi connectivity index (χ0) is 12.1. The molecule has 1 aliphatic rings. The zero-order valence-electron chi connectivity index (χ0n) is 9.98. The van der Waals surface area contributed by atoms with E-state index >= 15 is 0 Å². The maximum absolute atomic E-state index is 11.8. The maximum atomic E-state index is 11.8. The predicted molar refractivity (Wildman–Crippen MR) is 67.0 cm³/mol. The summed E-state index contributed by atoms with van der Waals surface area (Å²) in [5.74, 6) is 0.812. The Balaban J connectivity index is 1.84. The zero-order valence-corrected chi connectivity index (χ0v) is 9.98. The lowest BCUT2D eigenvalue weighted by molar-refractivity contribution is -0.127. The molecule has 1 amide bonds. The van der Waals surface area contributed by atoms with Gasteiger partial charge in [0.25, 0.3) is 5.91 Å². The fourth-order valence-electron chi connectivity index (χ4n) is 1.89. The first kappa shape index (κ1) is 11.7. The average molecular weight is 231 g/mol. The number of hydrogen-bond donors (Lipinski definition) is 1. The van der Waals surface area contributed by atoms with Crippen LogP contribution in [-0.4, -0.2) is 18.6 Å². The lowest BCUT2D eigenvalue weighted by Crippen LogP contribution is -2.37. The van der Waals surface area contributed by atoms with Crippen molar-refractivity contribution < 1.29 is 9.53 Å². The number of carbonyl (C=O) groups excluding carboxylic acids is 1. The molecule has 1 atom stereocenters. The normalized spacial score (nSPS) is 17.8. The summed E-state index contributed by atoms with van der Waals surface area (Å²) in [5, 5.41) is 2.88. The number of benzene rings is 1. The fourth-order valence-corrected chi connectivity index (χ4v) is 1.89. The largest absolute Gasteiger partial charge is 0.480 e. The Labute approximate surface area is 101 Å². The third kappa shape index (κ3) is 2.87. The third-order valence-electron chi connectivity index (χ3n) is 2.79. The van der Waals surface area contributed by atoms with Gasteiger partial charge in [-0.05, 0) is 25.0 Å². The highest BCUT2D eigenvalue weighted by Gasteiger charge is 2.28. The second kappa shape index (κ2) is 5.53. The van der Waals surface area contributed by atoms with E-state index in [4.69, 9.17) is 4.74 Å². The number of para-hydroxylation sites is 1. The Morgan fingerprint density at radius 1 is 1.53 bits per heavy atom. The highest BCUT2D eigenvalue weighted by atomic mass is 16.5. The first-order valence-corrected chi connectivity index (χ1v) is 5.94. The van der Waals surface area contributed by atoms with Crippen LogP contribution in [0.5, 0.6) is 5.75 Å². The predicted octanol–water partition coefficient (Wildman–Crippen LogP) is 2.07. The molecule has 1 aliphatic heterocycles. The topological polar surface area (TPSA) is 38.3 Å². The summed E-state index contributed by atoms with van der Waals surface area (Å²) in [6.45, 7) is 2.64. The molecule has 2 rings (SSSR count). The SMILES string of the molecule is C/C=C/CCNC(=O)C1Cc2ccccc2O1.